The summed E-state index contributed by atoms with van der Waals surface area (Å²) >= 11 is 0. The van der Waals surface area contributed by atoms with Crippen LogP contribution in [0.25, 0.3) is 0 Å². The third kappa shape index (κ3) is 10.1. The van der Waals surface area contributed by atoms with Crippen molar-refractivity contribution >= 4 is 11.9 Å². The lowest BCUT2D eigenvalue weighted by Gasteiger charge is -2.20. The number of hydrogen-bond donors (Lipinski definition) is 1. The highest BCUT2D eigenvalue weighted by atomic mass is 16.7. The maximum atomic E-state index is 11.7. The topological polar surface area (TPSA) is 78.6 Å². The number of rotatable bonds is 6. The van der Waals surface area contributed by atoms with Crippen LogP contribution in [-0.4, -0.2) is 25.8 Å². The van der Waals surface area contributed by atoms with Crippen molar-refractivity contribution in [1.29, 1.82) is 0 Å². The first-order valence-electron chi connectivity index (χ1n) is 6.22. The maximum absolute atomic E-state index is 11.7. The first-order chi connectivity index (χ1) is 8.34. The van der Waals surface area contributed by atoms with Gasteiger partial charge in [0.2, 0.25) is 6.79 Å². The highest BCUT2D eigenvalue weighted by molar-refractivity contribution is 5.73. The van der Waals surface area contributed by atoms with Gasteiger partial charge in [0.25, 0.3) is 0 Å². The van der Waals surface area contributed by atoms with E-state index in [2.05, 4.69) is 24.3 Å². The molecular weight excluding hydrogens is 234 g/mol. The first kappa shape index (κ1) is 19.2. The Morgan fingerprint density at radius 1 is 1.06 bits per heavy atom. The zero-order valence-electron chi connectivity index (χ0n) is 12.4. The van der Waals surface area contributed by atoms with Crippen molar-refractivity contribution in [3.8, 4) is 0 Å². The van der Waals surface area contributed by atoms with Crippen molar-refractivity contribution in [3.05, 3.63) is 0 Å². The van der Waals surface area contributed by atoms with Crippen LogP contribution in [0.15, 0.2) is 0 Å². The summed E-state index contributed by atoms with van der Waals surface area (Å²) in [4.78, 5) is 22.2. The molecule has 0 aromatic heterocycles. The van der Waals surface area contributed by atoms with Crippen LogP contribution in [0.5, 0.6) is 0 Å². The molecule has 2 N–H and O–H groups in total. The Bertz CT molecular complexity index is 239. The average molecular weight is 261 g/mol. The Hall–Kier alpha value is -1.10. The molecule has 0 aromatic carbocycles. The van der Waals surface area contributed by atoms with Gasteiger partial charge in [-0.15, -0.1) is 0 Å². The molecule has 0 aliphatic carbocycles. The molecule has 0 aliphatic rings. The van der Waals surface area contributed by atoms with Gasteiger partial charge in [0.1, 0.15) is 0 Å². The van der Waals surface area contributed by atoms with Gasteiger partial charge in [0.05, 0.1) is 5.92 Å². The number of hydrogen-bond acceptors (Lipinski definition) is 5. The first-order valence-corrected chi connectivity index (χ1v) is 6.22. The van der Waals surface area contributed by atoms with E-state index in [9.17, 15) is 9.59 Å². The van der Waals surface area contributed by atoms with Gasteiger partial charge in [-0.25, -0.2) is 0 Å². The minimum absolute atomic E-state index is 0.129. The smallest absolute Gasteiger partial charge is 0.312 e. The molecule has 0 amide bonds. The molecule has 1 atom stereocenters. The molecule has 108 valence electrons. The SMILES string of the molecule is CC(=O)OCOC(=O)C(CC(C)C)C(C)C.CN. The Morgan fingerprint density at radius 3 is 1.89 bits per heavy atom. The quantitative estimate of drug-likeness (QED) is 0.584. The zero-order valence-corrected chi connectivity index (χ0v) is 12.4. The molecule has 5 heteroatoms. The Balaban J connectivity index is 0. The number of nitrogens with two attached hydrogens (primary N) is 1. The summed E-state index contributed by atoms with van der Waals surface area (Å²) in [7, 11) is 1.50. The van der Waals surface area contributed by atoms with Crippen molar-refractivity contribution in [3.63, 3.8) is 0 Å². The van der Waals surface area contributed by atoms with E-state index in [-0.39, 0.29) is 24.6 Å². The molecule has 0 aromatic rings. The molecule has 18 heavy (non-hydrogen) atoms. The maximum Gasteiger partial charge on any atom is 0.312 e. The number of esters is 2. The van der Waals surface area contributed by atoms with Gasteiger partial charge >= 0.3 is 11.9 Å². The highest BCUT2D eigenvalue weighted by Crippen LogP contribution is 2.21. The van der Waals surface area contributed by atoms with Gasteiger partial charge in [0.15, 0.2) is 0 Å². The van der Waals surface area contributed by atoms with Gasteiger partial charge < -0.3 is 15.2 Å². The van der Waals surface area contributed by atoms with Crippen molar-refractivity contribution in [2.75, 3.05) is 13.8 Å². The largest absolute Gasteiger partial charge is 0.428 e. The molecule has 5 nitrogen and oxygen atoms in total. The molecule has 0 rings (SSSR count). The molecule has 0 aliphatic heterocycles. The Labute approximate surface area is 110 Å². The van der Waals surface area contributed by atoms with E-state index in [1.54, 1.807) is 0 Å². The number of ether oxygens (including phenoxy) is 2. The fourth-order valence-corrected chi connectivity index (χ4v) is 1.43. The predicted octanol–water partition coefficient (Wildman–Crippen LogP) is 1.94. The van der Waals surface area contributed by atoms with Crippen LogP contribution >= 0.6 is 0 Å². The lowest BCUT2D eigenvalue weighted by molar-refractivity contribution is -0.170. The minimum Gasteiger partial charge on any atom is -0.428 e. The molecule has 1 unspecified atom stereocenters. The molecule has 0 heterocycles. The lowest BCUT2D eigenvalue weighted by atomic mass is 9.88. The van der Waals surface area contributed by atoms with Gasteiger partial charge in [-0.2, -0.15) is 0 Å². The summed E-state index contributed by atoms with van der Waals surface area (Å²) in [5, 5.41) is 0. The van der Waals surface area contributed by atoms with E-state index in [4.69, 9.17) is 4.74 Å². The Morgan fingerprint density at radius 2 is 1.56 bits per heavy atom. The van der Waals surface area contributed by atoms with E-state index < -0.39 is 5.97 Å². The standard InChI is InChI=1S/C12H22O4.CH5N/c1-8(2)6-11(9(3)4)12(14)16-7-15-10(5)13;1-2/h8-9,11H,6-7H2,1-5H3;2H2,1H3. The average Bonchev–Trinajstić information content (AvgIpc) is 2.27. The van der Waals surface area contributed by atoms with Crippen molar-refractivity contribution in [2.24, 2.45) is 23.5 Å². The normalized spacial score (nSPS) is 11.6. The van der Waals surface area contributed by atoms with Crippen LogP contribution in [0.2, 0.25) is 0 Å². The summed E-state index contributed by atoms with van der Waals surface area (Å²) in [5.41, 5.74) is 4.50. The third-order valence-electron chi connectivity index (χ3n) is 2.30. The van der Waals surface area contributed by atoms with E-state index in [0.29, 0.717) is 5.92 Å². The van der Waals surface area contributed by atoms with E-state index >= 15 is 0 Å². The summed E-state index contributed by atoms with van der Waals surface area (Å²) < 4.78 is 9.46. The van der Waals surface area contributed by atoms with Crippen LogP contribution in [-0.2, 0) is 19.1 Å². The molecule has 0 saturated carbocycles. The second-order valence-corrected chi connectivity index (χ2v) is 4.70. The van der Waals surface area contributed by atoms with E-state index in [1.807, 2.05) is 13.8 Å². The molecule has 0 saturated heterocycles. The predicted molar refractivity (Wildman–Crippen MR) is 70.6 cm³/mol. The minimum atomic E-state index is -0.447. The number of carbonyl (C=O) groups excluding carboxylic acids is 2. The van der Waals surface area contributed by atoms with Crippen LogP contribution < -0.4 is 5.73 Å². The highest BCUT2D eigenvalue weighted by Gasteiger charge is 2.24. The summed E-state index contributed by atoms with van der Waals surface area (Å²) in [6, 6.07) is 0. The van der Waals surface area contributed by atoms with Gasteiger partial charge in [0, 0.05) is 6.92 Å². The van der Waals surface area contributed by atoms with Gasteiger partial charge in [-0.1, -0.05) is 27.7 Å². The van der Waals surface area contributed by atoms with Crippen molar-refractivity contribution < 1.29 is 19.1 Å². The molecular formula is C13H27NO4. The molecule has 0 fully saturated rings. The van der Waals surface area contributed by atoms with Crippen LogP contribution in [0.3, 0.4) is 0 Å². The lowest BCUT2D eigenvalue weighted by Crippen LogP contribution is -2.25. The fourth-order valence-electron chi connectivity index (χ4n) is 1.43. The third-order valence-corrected chi connectivity index (χ3v) is 2.30. The molecule has 0 bridgehead atoms. The van der Waals surface area contributed by atoms with Crippen LogP contribution in [0.1, 0.15) is 41.0 Å². The monoisotopic (exact) mass is 261 g/mol. The van der Waals surface area contributed by atoms with Crippen LogP contribution in [0, 0.1) is 17.8 Å². The molecule has 0 spiro atoms. The number of carbonyl (C=O) groups is 2. The van der Waals surface area contributed by atoms with Crippen molar-refractivity contribution in [2.45, 2.75) is 41.0 Å². The van der Waals surface area contributed by atoms with Crippen LogP contribution in [0.4, 0.5) is 0 Å². The van der Waals surface area contributed by atoms with Crippen molar-refractivity contribution in [1.82, 2.24) is 0 Å². The zero-order chi connectivity index (χ0) is 14.7. The van der Waals surface area contributed by atoms with E-state index in [0.717, 1.165) is 6.42 Å². The summed E-state index contributed by atoms with van der Waals surface area (Å²) in [6.07, 6.45) is 0.788. The van der Waals surface area contributed by atoms with E-state index in [1.165, 1.54) is 14.0 Å². The van der Waals surface area contributed by atoms with Gasteiger partial charge in [-0.3, -0.25) is 9.59 Å². The summed E-state index contributed by atoms with van der Waals surface area (Å²) in [6.45, 7) is 9.10. The second-order valence-electron chi connectivity index (χ2n) is 4.70. The summed E-state index contributed by atoms with van der Waals surface area (Å²) in [5.74, 6) is -0.195. The molecule has 0 radical (unpaired) electrons. The fraction of sp³-hybridized carbons (Fsp3) is 0.846. The second kappa shape index (κ2) is 11.0. The Kier molecular flexibility index (Phi) is 11.8. The van der Waals surface area contributed by atoms with Gasteiger partial charge in [-0.05, 0) is 25.3 Å².